The van der Waals surface area contributed by atoms with E-state index in [2.05, 4.69) is 23.1 Å². The third kappa shape index (κ3) is 4.42. The predicted octanol–water partition coefficient (Wildman–Crippen LogP) is 5.62. The van der Waals surface area contributed by atoms with E-state index < -0.39 is 0 Å². The van der Waals surface area contributed by atoms with Crippen LogP contribution in [0.25, 0.3) is 11.7 Å². The van der Waals surface area contributed by atoms with E-state index >= 15 is 0 Å². The molecule has 9 heteroatoms. The molecule has 1 fully saturated rings. The van der Waals surface area contributed by atoms with E-state index in [1.165, 1.54) is 27.8 Å². The van der Waals surface area contributed by atoms with Gasteiger partial charge in [-0.3, -0.25) is 18.9 Å². The topological polar surface area (TPSA) is 57.9 Å². The molecule has 2 aliphatic rings. The fraction of sp³-hybridized carbons (Fsp3) is 0.172. The summed E-state index contributed by atoms with van der Waals surface area (Å²) in [5, 5.41) is 0.575. The van der Waals surface area contributed by atoms with Gasteiger partial charge >= 0.3 is 0 Å². The summed E-state index contributed by atoms with van der Waals surface area (Å²) in [5.74, 6) is 0.332. The number of halogens is 1. The van der Waals surface area contributed by atoms with Gasteiger partial charge in [-0.05, 0) is 53.8 Å². The Kier molecular flexibility index (Phi) is 6.55. The lowest BCUT2D eigenvalue weighted by atomic mass is 9.99. The first-order valence-corrected chi connectivity index (χ1v) is 13.8. The second-order valence-corrected chi connectivity index (χ2v) is 11.4. The van der Waals surface area contributed by atoms with Crippen molar-refractivity contribution < 1.29 is 4.79 Å². The molecule has 190 valence electrons. The van der Waals surface area contributed by atoms with E-state index in [-0.39, 0.29) is 18.0 Å². The number of fused-ring (bicyclic) bond motifs is 2. The van der Waals surface area contributed by atoms with Crippen LogP contribution < -0.4 is 10.5 Å². The summed E-state index contributed by atoms with van der Waals surface area (Å²) in [6.07, 6.45) is 4.23. The molecule has 1 saturated heterocycles. The van der Waals surface area contributed by atoms with Crippen molar-refractivity contribution in [1.29, 1.82) is 0 Å². The normalized spacial score (nSPS) is 16.5. The van der Waals surface area contributed by atoms with Crippen LogP contribution in [0.5, 0.6) is 0 Å². The van der Waals surface area contributed by atoms with E-state index in [1.54, 1.807) is 22.7 Å². The van der Waals surface area contributed by atoms with Crippen molar-refractivity contribution in [2.45, 2.75) is 26.4 Å². The van der Waals surface area contributed by atoms with Crippen molar-refractivity contribution >= 4 is 63.3 Å². The molecule has 0 bridgehead atoms. The third-order valence-electron chi connectivity index (χ3n) is 6.93. The van der Waals surface area contributed by atoms with Crippen LogP contribution in [0.2, 0.25) is 5.02 Å². The largest absolute Gasteiger partial charge is 0.351 e. The second-order valence-electron chi connectivity index (χ2n) is 9.34. The van der Waals surface area contributed by atoms with Crippen molar-refractivity contribution in [2.24, 2.45) is 0 Å². The summed E-state index contributed by atoms with van der Waals surface area (Å²) in [6, 6.07) is 19.5. The Morgan fingerprint density at radius 1 is 1.05 bits per heavy atom. The molecule has 0 unspecified atom stereocenters. The molecule has 6 rings (SSSR count). The molecule has 6 nitrogen and oxygen atoms in total. The van der Waals surface area contributed by atoms with Gasteiger partial charge in [0.25, 0.3) is 11.5 Å². The number of aromatic nitrogens is 2. The predicted molar refractivity (Wildman–Crippen MR) is 158 cm³/mol. The van der Waals surface area contributed by atoms with Gasteiger partial charge in [-0.15, -0.1) is 0 Å². The van der Waals surface area contributed by atoms with Crippen LogP contribution in [0.1, 0.15) is 27.8 Å². The zero-order valence-corrected chi connectivity index (χ0v) is 22.9. The van der Waals surface area contributed by atoms with Crippen molar-refractivity contribution in [2.75, 3.05) is 11.4 Å². The number of nitrogens with zero attached hydrogens (tertiary/aromatic N) is 4. The Bertz CT molecular complexity index is 1710. The molecule has 0 N–H and O–H groups in total. The van der Waals surface area contributed by atoms with Gasteiger partial charge < -0.3 is 4.90 Å². The van der Waals surface area contributed by atoms with Crippen LogP contribution in [0.15, 0.2) is 76.6 Å². The van der Waals surface area contributed by atoms with Crippen LogP contribution in [0.3, 0.4) is 0 Å². The molecule has 1 amide bonds. The molecule has 0 radical (unpaired) electrons. The molecule has 2 aromatic heterocycles. The maximum Gasteiger partial charge on any atom is 0.267 e. The smallest absolute Gasteiger partial charge is 0.267 e. The van der Waals surface area contributed by atoms with E-state index in [1.807, 2.05) is 43.3 Å². The van der Waals surface area contributed by atoms with Gasteiger partial charge in [0.2, 0.25) is 0 Å². The van der Waals surface area contributed by atoms with E-state index in [0.29, 0.717) is 37.8 Å². The van der Waals surface area contributed by atoms with E-state index in [0.717, 1.165) is 24.1 Å². The van der Waals surface area contributed by atoms with Crippen molar-refractivity contribution in [3.63, 3.8) is 0 Å². The standard InChI is InChI=1S/C29H23ClN4O2S2/c1-18-7-6-13-33-25(18)31-26(32-14-12-19-8-2-3-9-20(19)16-32)22(27(33)35)15-24-28(36)34(29(37)38-24)17-21-10-4-5-11-23(21)30/h2-11,13,15H,12,14,16-17H2,1H3/b24-15+. The van der Waals surface area contributed by atoms with Crippen LogP contribution in [0.4, 0.5) is 5.82 Å². The quantitative estimate of drug-likeness (QED) is 0.239. The average Bonchev–Trinajstić information content (AvgIpc) is 3.18. The Balaban J connectivity index is 1.44. The van der Waals surface area contributed by atoms with Gasteiger partial charge in [0.15, 0.2) is 0 Å². The van der Waals surface area contributed by atoms with Crippen LogP contribution >= 0.6 is 35.6 Å². The first kappa shape index (κ1) is 24.9. The number of carbonyl (C=O) groups is 1. The number of rotatable bonds is 4. The second kappa shape index (κ2) is 10.0. The van der Waals surface area contributed by atoms with Gasteiger partial charge in [-0.25, -0.2) is 4.98 Å². The molecule has 2 aliphatic heterocycles. The minimum atomic E-state index is -0.247. The fourth-order valence-corrected chi connectivity index (χ4v) is 6.34. The van der Waals surface area contributed by atoms with Crippen LogP contribution in [-0.2, 0) is 24.3 Å². The molecular weight excluding hydrogens is 536 g/mol. The summed E-state index contributed by atoms with van der Waals surface area (Å²) in [4.78, 5) is 36.4. The zero-order valence-electron chi connectivity index (χ0n) is 20.6. The van der Waals surface area contributed by atoms with Crippen LogP contribution in [0, 0.1) is 6.92 Å². The number of benzene rings is 2. The first-order chi connectivity index (χ1) is 18.4. The maximum absolute atomic E-state index is 13.9. The number of thiocarbonyl (C=S) groups is 1. The summed E-state index contributed by atoms with van der Waals surface area (Å²) in [5.41, 5.74) is 4.99. The van der Waals surface area contributed by atoms with Crippen molar-refractivity contribution in [3.05, 3.63) is 115 Å². The highest BCUT2D eigenvalue weighted by Crippen LogP contribution is 2.36. The third-order valence-corrected chi connectivity index (χ3v) is 8.68. The highest BCUT2D eigenvalue weighted by Gasteiger charge is 2.33. The molecule has 0 aliphatic carbocycles. The molecule has 2 aromatic carbocycles. The zero-order chi connectivity index (χ0) is 26.4. The lowest BCUT2D eigenvalue weighted by Crippen LogP contribution is -2.34. The number of amides is 1. The summed E-state index contributed by atoms with van der Waals surface area (Å²) < 4.78 is 1.98. The number of aryl methyl sites for hydroxylation is 1. The van der Waals surface area contributed by atoms with Gasteiger partial charge in [0, 0.05) is 24.3 Å². The highest BCUT2D eigenvalue weighted by atomic mass is 35.5. The summed E-state index contributed by atoms with van der Waals surface area (Å²) in [6.45, 7) is 3.57. The lowest BCUT2D eigenvalue weighted by molar-refractivity contribution is -0.122. The Morgan fingerprint density at radius 2 is 1.82 bits per heavy atom. The Morgan fingerprint density at radius 3 is 2.63 bits per heavy atom. The van der Waals surface area contributed by atoms with Gasteiger partial charge in [-0.2, -0.15) is 0 Å². The highest BCUT2D eigenvalue weighted by molar-refractivity contribution is 8.26. The lowest BCUT2D eigenvalue weighted by Gasteiger charge is -2.31. The van der Waals surface area contributed by atoms with Gasteiger partial charge in [0.05, 0.1) is 17.0 Å². The fourth-order valence-electron chi connectivity index (χ4n) is 4.91. The number of pyridine rings is 1. The first-order valence-electron chi connectivity index (χ1n) is 12.2. The molecular formula is C29H23ClN4O2S2. The molecule has 4 aromatic rings. The number of hydrogen-bond donors (Lipinski definition) is 0. The number of hydrogen-bond acceptors (Lipinski definition) is 6. The number of anilines is 1. The minimum Gasteiger partial charge on any atom is -0.351 e. The SMILES string of the molecule is Cc1cccn2c(=O)c(/C=C3/SC(=S)N(Cc4ccccc4Cl)C3=O)c(N3CCc4ccccc4C3)nc12. The van der Waals surface area contributed by atoms with Gasteiger partial charge in [-0.1, -0.05) is 84.1 Å². The molecule has 38 heavy (non-hydrogen) atoms. The van der Waals surface area contributed by atoms with Gasteiger partial charge in [0.1, 0.15) is 15.8 Å². The molecule has 4 heterocycles. The Hall–Kier alpha value is -3.46. The summed E-state index contributed by atoms with van der Waals surface area (Å²) in [7, 11) is 0. The number of thioether (sulfide) groups is 1. The van der Waals surface area contributed by atoms with Crippen molar-refractivity contribution in [1.82, 2.24) is 14.3 Å². The number of carbonyl (C=O) groups excluding carboxylic acids is 1. The van der Waals surface area contributed by atoms with Crippen LogP contribution in [-0.4, -0.2) is 31.1 Å². The molecule has 0 spiro atoms. The van der Waals surface area contributed by atoms with Crippen molar-refractivity contribution in [3.8, 4) is 0 Å². The molecule has 0 saturated carbocycles. The Labute approximate surface area is 234 Å². The van der Waals surface area contributed by atoms with E-state index in [4.69, 9.17) is 28.8 Å². The van der Waals surface area contributed by atoms with E-state index in [9.17, 15) is 9.59 Å². The maximum atomic E-state index is 13.9. The summed E-state index contributed by atoms with van der Waals surface area (Å²) >= 11 is 13.1. The minimum absolute atomic E-state index is 0.219. The monoisotopic (exact) mass is 558 g/mol. The average molecular weight is 559 g/mol. The molecule has 0 atom stereocenters.